The van der Waals surface area contributed by atoms with Crippen molar-refractivity contribution in [3.8, 4) is 0 Å². The minimum atomic E-state index is -4.03. The zero-order valence-corrected chi connectivity index (χ0v) is 40.2. The van der Waals surface area contributed by atoms with Crippen LogP contribution < -0.4 is 0 Å². The summed E-state index contributed by atoms with van der Waals surface area (Å²) < 4.78 is 113. The van der Waals surface area contributed by atoms with Gasteiger partial charge in [-0.2, -0.15) is 8.78 Å². The average molecular weight is 1210 g/mol. The van der Waals surface area contributed by atoms with E-state index in [0.717, 1.165) is 117 Å². The van der Waals surface area contributed by atoms with Gasteiger partial charge in [0.2, 0.25) is 0 Å². The van der Waals surface area contributed by atoms with E-state index in [2.05, 4.69) is 51.5 Å². The van der Waals surface area contributed by atoms with Crippen LogP contribution in [-0.4, -0.2) is 18.3 Å². The summed E-state index contributed by atoms with van der Waals surface area (Å²) in [4.78, 5) is 0. The second-order valence-corrected chi connectivity index (χ2v) is 15.8. The first-order valence-corrected chi connectivity index (χ1v) is 21.3. The van der Waals surface area contributed by atoms with Crippen LogP contribution in [0.15, 0.2) is 48.5 Å². The maximum atomic E-state index is 14.4. The third-order valence-electron chi connectivity index (χ3n) is 10.9. The maximum absolute atomic E-state index is 14.4. The van der Waals surface area contributed by atoms with Crippen LogP contribution in [0.5, 0.6) is 0 Å². The number of aryl methyl sites for hydroxylation is 6. The van der Waals surface area contributed by atoms with Gasteiger partial charge in [0.25, 0.3) is 0 Å². The minimum absolute atomic E-state index is 0. The van der Waals surface area contributed by atoms with Gasteiger partial charge in [-0.15, -0.1) is 0 Å². The molecule has 0 aromatic heterocycles. The molecule has 0 heterocycles. The Hall–Kier alpha value is -2.79. The molecule has 0 bridgehead atoms. The van der Waals surface area contributed by atoms with Crippen molar-refractivity contribution in [2.45, 2.75) is 278 Å². The zero-order chi connectivity index (χ0) is 45.0. The van der Waals surface area contributed by atoms with Gasteiger partial charge in [-0.3, -0.25) is 17.6 Å². The molecule has 0 atom stereocenters. The van der Waals surface area contributed by atoms with E-state index < -0.39 is 46.9 Å². The van der Waals surface area contributed by atoms with Crippen LogP contribution in [0.25, 0.3) is 0 Å². The van der Waals surface area contributed by atoms with Crippen molar-refractivity contribution in [2.75, 3.05) is 13.2 Å². The number of hydrogen-bond acceptors (Lipinski definition) is 2. The summed E-state index contributed by atoms with van der Waals surface area (Å²) in [6, 6.07) is 12.1. The molecule has 0 fully saturated rings. The third-order valence-corrected chi connectivity index (χ3v) is 10.9. The predicted octanol–water partition coefficient (Wildman–Crippen LogP) is 25.9. The van der Waals surface area contributed by atoms with Gasteiger partial charge in [0.05, 0.1) is 6.61 Å². The van der Waals surface area contributed by atoms with Crippen molar-refractivity contribution in [2.24, 2.45) is 0 Å². The molecular formula is C67H133F8O2Y-. The van der Waals surface area contributed by atoms with Crippen molar-refractivity contribution >= 4 is 0 Å². The summed E-state index contributed by atoms with van der Waals surface area (Å²) in [6.45, 7) is 16.4. The molecule has 0 unspecified atom stereocenters. The summed E-state index contributed by atoms with van der Waals surface area (Å²) in [5, 5.41) is 8.77. The number of halogens is 8. The Labute approximate surface area is 510 Å². The number of benzene rings is 4. The van der Waals surface area contributed by atoms with Crippen LogP contribution in [0.3, 0.4) is 0 Å². The molecule has 0 amide bonds. The number of hydrogen-bond donors (Lipinski definition) is 1. The van der Waals surface area contributed by atoms with Gasteiger partial charge in [0.1, 0.15) is 17.2 Å². The van der Waals surface area contributed by atoms with E-state index in [0.29, 0.717) is 24.0 Å². The van der Waals surface area contributed by atoms with Gasteiger partial charge in [-0.1, -0.05) is 239 Å². The third kappa shape index (κ3) is 42.1. The molecule has 11 heteroatoms. The van der Waals surface area contributed by atoms with Gasteiger partial charge in [-0.25, -0.2) is 8.78 Å². The van der Waals surface area contributed by atoms with Gasteiger partial charge >= 0.3 is 6.11 Å². The second-order valence-electron chi connectivity index (χ2n) is 15.8. The minimum Gasteiger partial charge on any atom is -0.396 e. The van der Waals surface area contributed by atoms with Crippen molar-refractivity contribution in [1.29, 1.82) is 0 Å². The van der Waals surface area contributed by atoms with Crippen molar-refractivity contribution in [3.05, 3.63) is 145 Å². The number of rotatable bonds is 20. The van der Waals surface area contributed by atoms with Crippen LogP contribution in [0, 0.1) is 71.2 Å². The molecule has 0 spiro atoms. The Morgan fingerprint density at radius 3 is 0.962 bits per heavy atom. The van der Waals surface area contributed by atoms with Gasteiger partial charge < -0.3 is 9.84 Å². The number of unbranched alkanes of at least 4 members (excludes halogenated alkanes) is 8. The van der Waals surface area contributed by atoms with Gasteiger partial charge in [0.15, 0.2) is 6.43 Å². The van der Waals surface area contributed by atoms with Gasteiger partial charge in [-0.05, 0) is 142 Å². The fraction of sp³-hybridized carbons (Fsp3) is 0.627. The fourth-order valence-electron chi connectivity index (χ4n) is 6.90. The molecule has 4 aromatic rings. The Morgan fingerprint density at radius 1 is 0.410 bits per heavy atom. The first-order chi connectivity index (χ1) is 28.4. The molecule has 0 aliphatic heterocycles. The Bertz CT molecular complexity index is 1830. The topological polar surface area (TPSA) is 29.5 Å². The zero-order valence-electron chi connectivity index (χ0n) is 37.4. The van der Waals surface area contributed by atoms with Crippen LogP contribution in [0.1, 0.15) is 271 Å². The second kappa shape index (κ2) is 63.4. The molecule has 2 nitrogen and oxygen atoms in total. The smallest absolute Gasteiger partial charge is 0.389 e. The first kappa shape index (κ1) is 122. The molecule has 1 radical (unpaired) electrons. The molecule has 0 aliphatic rings. The molecule has 0 saturated heterocycles. The molecular weight excluding hydrogens is 1080 g/mol. The van der Waals surface area contributed by atoms with E-state index >= 15 is 0 Å². The summed E-state index contributed by atoms with van der Waals surface area (Å²) in [5.74, 6) is -4.88. The standard InChI is InChI=1S/C25H32F4O.C14H17F4.C11H16O.17CH4.Y/c1-5-6-7-8-9-10-20-15-22(26)24(23(27)16-20)25(28,29)30-12-11-21-13-17(2)19(4)18(3)14-21;1-2-3-4-5-6-7-10-8-11(15)13(14(17)18)12(16)9-10;1-8-6-11(4-5-12)7-9(2)10(8)3;;;;;;;;;;;;;;;;;;/h13-16H,5-12H2,1-4H3;8-9H,2-7H2,1H3;6-7,12H,4-5H2,1-3H3;17*1H4;/q;-1;;;;;;;;;;;;;;;;;;;. The van der Waals surface area contributed by atoms with Crippen LogP contribution in [0.4, 0.5) is 35.1 Å². The van der Waals surface area contributed by atoms with Crippen molar-refractivity contribution < 1.29 is 77.7 Å². The van der Waals surface area contributed by atoms with Crippen LogP contribution >= 0.6 is 0 Å². The summed E-state index contributed by atoms with van der Waals surface area (Å²) in [7, 11) is 0. The van der Waals surface area contributed by atoms with E-state index in [9.17, 15) is 35.1 Å². The molecule has 473 valence electrons. The monoisotopic (exact) mass is 1210 g/mol. The summed E-state index contributed by atoms with van der Waals surface area (Å²) >= 11 is 0. The molecule has 1 N–H and O–H groups in total. The maximum Gasteiger partial charge on any atom is 0.389 e. The van der Waals surface area contributed by atoms with E-state index in [4.69, 9.17) is 5.11 Å². The van der Waals surface area contributed by atoms with Crippen molar-refractivity contribution in [1.82, 2.24) is 0 Å². The predicted molar refractivity (Wildman–Crippen MR) is 342 cm³/mol. The van der Waals surface area contributed by atoms with Gasteiger partial charge in [0, 0.05) is 51.0 Å². The van der Waals surface area contributed by atoms with Crippen LogP contribution in [-0.2, 0) is 69.2 Å². The molecule has 4 aromatic carbocycles. The SMILES string of the molecule is C.C.C.C.C.C.C.C.C.C.C.C.C.C.C.C.C.CCCCCCCc1cc(F)c(C(F)(F)OCCc2cc(C)c(C)c(C)c2)c(F)c1.CCCCCCCc1cc(F)c([C-](F)F)c(F)c1.Cc1cc(CCO)cc(C)c1C.[Y]. The number of aliphatic hydroxyl groups excluding tert-OH is 1. The molecule has 0 saturated carbocycles. The summed E-state index contributed by atoms with van der Waals surface area (Å²) in [6.07, 6.45) is 5.83. The Morgan fingerprint density at radius 2 is 0.679 bits per heavy atom. The average Bonchev–Trinajstić information content (AvgIpc) is 3.15. The number of ether oxygens (including phenoxy) is 1. The molecule has 4 rings (SSSR count). The van der Waals surface area contributed by atoms with E-state index in [1.807, 2.05) is 32.9 Å². The van der Waals surface area contributed by atoms with Crippen LogP contribution in [0.2, 0.25) is 0 Å². The quantitative estimate of drug-likeness (QED) is 0.0543. The van der Waals surface area contributed by atoms with E-state index in [1.165, 1.54) is 22.3 Å². The van der Waals surface area contributed by atoms with E-state index in [1.54, 1.807) is 0 Å². The molecule has 0 aliphatic carbocycles. The first-order valence-electron chi connectivity index (χ1n) is 21.3. The normalized spacial score (nSPS) is 8.63. The Balaban J connectivity index is -0.0000000459. The Kier molecular flexibility index (Phi) is 99.4. The summed E-state index contributed by atoms with van der Waals surface area (Å²) in [5.41, 5.74) is 7.69. The largest absolute Gasteiger partial charge is 0.396 e. The fourth-order valence-corrected chi connectivity index (χ4v) is 6.90. The molecule has 78 heavy (non-hydrogen) atoms. The van der Waals surface area contributed by atoms with Crippen molar-refractivity contribution in [3.63, 3.8) is 0 Å². The number of aliphatic hydroxyl groups is 1. The van der Waals surface area contributed by atoms with E-state index in [-0.39, 0.29) is 179 Å². The number of alkyl halides is 2.